The molecule has 0 radical (unpaired) electrons. The van der Waals surface area contributed by atoms with Crippen LogP contribution in [0.3, 0.4) is 0 Å². The molecule has 2 aromatic rings. The number of nitrogens with zero attached hydrogens (tertiary/aromatic N) is 2. The van der Waals surface area contributed by atoms with E-state index in [0.717, 1.165) is 11.3 Å². The van der Waals surface area contributed by atoms with Gasteiger partial charge in [-0.05, 0) is 23.8 Å². The van der Waals surface area contributed by atoms with Gasteiger partial charge in [-0.2, -0.15) is 5.26 Å². The summed E-state index contributed by atoms with van der Waals surface area (Å²) in [5.74, 6) is 1.01. The first kappa shape index (κ1) is 13.2. The Morgan fingerprint density at radius 3 is 2.95 bits per heavy atom. The first-order valence-electron chi connectivity index (χ1n) is 5.55. The van der Waals surface area contributed by atoms with Gasteiger partial charge in [0.25, 0.3) is 0 Å². The van der Waals surface area contributed by atoms with E-state index in [-0.39, 0.29) is 10.9 Å². The van der Waals surface area contributed by atoms with Gasteiger partial charge in [-0.25, -0.2) is 4.98 Å². The summed E-state index contributed by atoms with van der Waals surface area (Å²) in [7, 11) is 1.61. The molecule has 0 bridgehead atoms. The second-order valence-electron chi connectivity index (χ2n) is 3.73. The average molecular weight is 275 g/mol. The topological polar surface area (TPSA) is 55.1 Å². The average Bonchev–Trinajstić information content (AvgIpc) is 2.46. The number of methoxy groups -OCH3 is 1. The molecule has 0 unspecified atom stereocenters. The lowest BCUT2D eigenvalue weighted by Crippen LogP contribution is -1.99. The number of pyridine rings is 1. The predicted molar refractivity (Wildman–Crippen MR) is 71.3 cm³/mol. The number of benzene rings is 1. The largest absolute Gasteiger partial charge is 0.497 e. The van der Waals surface area contributed by atoms with Gasteiger partial charge in [-0.3, -0.25) is 0 Å². The molecule has 0 aliphatic heterocycles. The van der Waals surface area contributed by atoms with Crippen LogP contribution in [0.15, 0.2) is 36.5 Å². The molecule has 0 spiro atoms. The van der Waals surface area contributed by atoms with Crippen LogP contribution in [0.5, 0.6) is 11.6 Å². The van der Waals surface area contributed by atoms with Crippen molar-refractivity contribution >= 4 is 11.6 Å². The van der Waals surface area contributed by atoms with Crippen LogP contribution in [0, 0.1) is 11.3 Å². The molecule has 5 heteroatoms. The fraction of sp³-hybridized carbons (Fsp3) is 0.143. The van der Waals surface area contributed by atoms with Crippen LogP contribution in [-0.2, 0) is 6.61 Å². The molecule has 19 heavy (non-hydrogen) atoms. The molecule has 2 rings (SSSR count). The van der Waals surface area contributed by atoms with Crippen LogP contribution in [0.2, 0.25) is 5.02 Å². The lowest BCUT2D eigenvalue weighted by molar-refractivity contribution is 0.293. The fourth-order valence-corrected chi connectivity index (χ4v) is 1.73. The minimum atomic E-state index is 0.230. The number of aromatic nitrogens is 1. The van der Waals surface area contributed by atoms with Crippen molar-refractivity contribution in [2.75, 3.05) is 7.11 Å². The second kappa shape index (κ2) is 6.07. The molecule has 0 amide bonds. The van der Waals surface area contributed by atoms with E-state index in [9.17, 15) is 0 Å². The molecule has 0 atom stereocenters. The van der Waals surface area contributed by atoms with Crippen molar-refractivity contribution in [1.82, 2.24) is 4.98 Å². The highest BCUT2D eigenvalue weighted by Gasteiger charge is 2.08. The summed E-state index contributed by atoms with van der Waals surface area (Å²) in [5.41, 5.74) is 1.27. The van der Waals surface area contributed by atoms with Crippen LogP contribution >= 0.6 is 11.6 Å². The Balaban J connectivity index is 2.12. The molecule has 0 N–H and O–H groups in total. The van der Waals surface area contributed by atoms with Crippen LogP contribution in [0.1, 0.15) is 11.1 Å². The first-order valence-corrected chi connectivity index (χ1v) is 5.92. The number of rotatable bonds is 4. The quantitative estimate of drug-likeness (QED) is 0.859. The van der Waals surface area contributed by atoms with Crippen LogP contribution in [0.25, 0.3) is 0 Å². The number of halogens is 1. The highest BCUT2D eigenvalue weighted by atomic mass is 35.5. The van der Waals surface area contributed by atoms with Crippen molar-refractivity contribution in [2.24, 2.45) is 0 Å². The van der Waals surface area contributed by atoms with Crippen molar-refractivity contribution < 1.29 is 9.47 Å². The summed E-state index contributed by atoms with van der Waals surface area (Å²) in [5, 5.41) is 9.09. The predicted octanol–water partition coefficient (Wildman–Crippen LogP) is 3.19. The van der Waals surface area contributed by atoms with Crippen molar-refractivity contribution in [3.8, 4) is 17.7 Å². The summed E-state index contributed by atoms with van der Waals surface area (Å²) in [6.45, 7) is 0.304. The second-order valence-corrected chi connectivity index (χ2v) is 4.11. The Kier molecular flexibility index (Phi) is 4.22. The van der Waals surface area contributed by atoms with E-state index in [1.54, 1.807) is 13.2 Å². The Morgan fingerprint density at radius 2 is 2.21 bits per heavy atom. The monoisotopic (exact) mass is 274 g/mol. The number of hydrogen-bond acceptors (Lipinski definition) is 4. The third-order valence-corrected chi connectivity index (χ3v) is 2.85. The first-order chi connectivity index (χ1) is 9.24. The lowest BCUT2D eigenvalue weighted by atomic mass is 10.2. The van der Waals surface area contributed by atoms with Crippen LogP contribution < -0.4 is 9.47 Å². The van der Waals surface area contributed by atoms with Gasteiger partial charge in [0.15, 0.2) is 0 Å². The van der Waals surface area contributed by atoms with Crippen molar-refractivity contribution in [3.63, 3.8) is 0 Å². The van der Waals surface area contributed by atoms with Gasteiger partial charge in [0.05, 0.1) is 12.7 Å². The normalized spacial score (nSPS) is 9.74. The molecular weight excluding hydrogens is 264 g/mol. The maximum absolute atomic E-state index is 8.86. The zero-order valence-electron chi connectivity index (χ0n) is 10.3. The Morgan fingerprint density at radius 1 is 1.37 bits per heavy atom. The van der Waals surface area contributed by atoms with Crippen molar-refractivity contribution in [3.05, 3.63) is 52.7 Å². The summed E-state index contributed by atoms with van der Waals surface area (Å²) >= 11 is 6.00. The lowest BCUT2D eigenvalue weighted by Gasteiger charge is -2.08. The molecule has 0 saturated heterocycles. The third kappa shape index (κ3) is 3.15. The third-order valence-electron chi connectivity index (χ3n) is 2.49. The van der Waals surface area contributed by atoms with Crippen molar-refractivity contribution in [2.45, 2.75) is 6.61 Å². The van der Waals surface area contributed by atoms with E-state index in [1.807, 2.05) is 30.3 Å². The maximum Gasteiger partial charge on any atom is 0.234 e. The van der Waals surface area contributed by atoms with Gasteiger partial charge in [0, 0.05) is 6.20 Å². The van der Waals surface area contributed by atoms with Crippen LogP contribution in [0.4, 0.5) is 0 Å². The van der Waals surface area contributed by atoms with Gasteiger partial charge in [0.2, 0.25) is 5.88 Å². The molecule has 4 nitrogen and oxygen atoms in total. The summed E-state index contributed by atoms with van der Waals surface area (Å²) in [6.07, 6.45) is 1.49. The molecule has 96 valence electrons. The summed E-state index contributed by atoms with van der Waals surface area (Å²) in [6, 6.07) is 11.0. The molecule has 0 fully saturated rings. The smallest absolute Gasteiger partial charge is 0.234 e. The Hall–Kier alpha value is -2.25. The van der Waals surface area contributed by atoms with E-state index in [2.05, 4.69) is 4.98 Å². The van der Waals surface area contributed by atoms with Gasteiger partial charge in [-0.1, -0.05) is 23.7 Å². The molecule has 0 aliphatic rings. The summed E-state index contributed by atoms with van der Waals surface area (Å²) < 4.78 is 10.6. The molecule has 1 aromatic heterocycles. The van der Waals surface area contributed by atoms with Gasteiger partial charge >= 0.3 is 0 Å². The molecule has 0 aliphatic carbocycles. The van der Waals surface area contributed by atoms with Gasteiger partial charge in [-0.15, -0.1) is 0 Å². The van der Waals surface area contributed by atoms with Gasteiger partial charge < -0.3 is 9.47 Å². The Labute approximate surface area is 116 Å². The standard InChI is InChI=1S/C14H11ClN2O2/c1-18-12-4-2-3-10(7-12)9-19-14-13(15)11(8-16)5-6-17-14/h2-7H,9H2,1H3. The van der Waals surface area contributed by atoms with E-state index < -0.39 is 0 Å². The summed E-state index contributed by atoms with van der Waals surface area (Å²) in [4.78, 5) is 4.01. The fourth-order valence-electron chi connectivity index (χ4n) is 1.53. The Bertz CT molecular complexity index is 623. The van der Waals surface area contributed by atoms with Crippen molar-refractivity contribution in [1.29, 1.82) is 5.26 Å². The SMILES string of the molecule is COc1cccc(COc2nccc(C#N)c2Cl)c1. The van der Waals surface area contributed by atoms with Crippen LogP contribution in [-0.4, -0.2) is 12.1 Å². The number of hydrogen-bond donors (Lipinski definition) is 0. The molecule has 0 saturated carbocycles. The highest BCUT2D eigenvalue weighted by Crippen LogP contribution is 2.25. The number of nitriles is 1. The molecule has 1 heterocycles. The van der Waals surface area contributed by atoms with E-state index in [0.29, 0.717) is 12.2 Å². The van der Waals surface area contributed by atoms with Gasteiger partial charge in [0.1, 0.15) is 23.4 Å². The number of ether oxygens (including phenoxy) is 2. The van der Waals surface area contributed by atoms with E-state index in [1.165, 1.54) is 6.20 Å². The van der Waals surface area contributed by atoms with E-state index in [4.69, 9.17) is 26.3 Å². The minimum absolute atomic E-state index is 0.230. The highest BCUT2D eigenvalue weighted by molar-refractivity contribution is 6.32. The zero-order chi connectivity index (χ0) is 13.7. The molecule has 1 aromatic carbocycles. The van der Waals surface area contributed by atoms with E-state index >= 15 is 0 Å². The molecular formula is C14H11ClN2O2. The zero-order valence-corrected chi connectivity index (χ0v) is 11.0. The minimum Gasteiger partial charge on any atom is -0.497 e. The maximum atomic E-state index is 8.86.